The van der Waals surface area contributed by atoms with Gasteiger partial charge in [-0.05, 0) is 127 Å². The molecule has 0 aliphatic carbocycles. The Morgan fingerprint density at radius 3 is 1.14 bits per heavy atom. The second kappa shape index (κ2) is 12.7. The van der Waals surface area contributed by atoms with Crippen LogP contribution in [0.15, 0.2) is 183 Å². The number of aromatic nitrogens is 4. The molecular weight excluding hydrogens is 609 g/mol. The summed E-state index contributed by atoms with van der Waals surface area (Å²) in [5.74, 6) is 0. The van der Waals surface area contributed by atoms with E-state index in [9.17, 15) is 0 Å². The Bertz CT molecular complexity index is 2430. The van der Waals surface area contributed by atoms with E-state index in [1.54, 1.807) is 12.4 Å². The Morgan fingerprint density at radius 1 is 0.260 bits per heavy atom. The molecule has 4 heterocycles. The molecule has 0 radical (unpaired) electrons. The monoisotopic (exact) mass is 638 g/mol. The van der Waals surface area contributed by atoms with Crippen LogP contribution < -0.4 is 0 Å². The highest BCUT2D eigenvalue weighted by Gasteiger charge is 2.11. The van der Waals surface area contributed by atoms with Crippen molar-refractivity contribution in [3.05, 3.63) is 183 Å². The maximum Gasteiger partial charge on any atom is 0.0892 e. The van der Waals surface area contributed by atoms with Crippen molar-refractivity contribution >= 4 is 21.5 Å². The fourth-order valence-corrected chi connectivity index (χ4v) is 6.77. The molecule has 0 spiro atoms. The van der Waals surface area contributed by atoms with E-state index in [-0.39, 0.29) is 0 Å². The first kappa shape index (κ1) is 29.4. The van der Waals surface area contributed by atoms with Gasteiger partial charge in [0.2, 0.25) is 0 Å². The van der Waals surface area contributed by atoms with E-state index in [1.165, 1.54) is 43.8 Å². The predicted octanol–water partition coefficient (Wildman–Crippen LogP) is 11.6. The molecule has 0 unspecified atom stereocenters. The quantitative estimate of drug-likeness (QED) is 0.170. The number of pyridine rings is 4. The topological polar surface area (TPSA) is 51.6 Å². The average molecular weight is 639 g/mol. The van der Waals surface area contributed by atoms with Crippen molar-refractivity contribution < 1.29 is 0 Å². The predicted molar refractivity (Wildman–Crippen MR) is 205 cm³/mol. The second-order valence-electron chi connectivity index (χ2n) is 12.3. The lowest BCUT2D eigenvalue weighted by atomic mass is 9.91. The standard InChI is InChI=1S/C46H30N4/c1-3-23-47-43(11-1)45-28-35(21-25-49-45)31-13-17-33(18-14-31)39-9-5-7-37-27-38-8-6-10-40(42(38)30-41(37)39)34-19-15-32(16-20-34)36-22-26-50-46(29-36)44-12-2-4-24-48-44/h1-30H. The molecule has 0 aliphatic heterocycles. The Morgan fingerprint density at radius 2 is 0.700 bits per heavy atom. The number of fused-ring (bicyclic) bond motifs is 2. The SMILES string of the molecule is c1ccc(-c2cc(-c3ccc(-c4cccc5cc6cccc(-c7ccc(-c8ccnc(-c9ccccn9)c8)cc7)c6cc45)cc3)ccn2)nc1. The molecule has 50 heavy (non-hydrogen) atoms. The summed E-state index contributed by atoms with van der Waals surface area (Å²) in [6.07, 6.45) is 7.31. The molecule has 9 rings (SSSR count). The fourth-order valence-electron chi connectivity index (χ4n) is 6.77. The minimum atomic E-state index is 0.866. The van der Waals surface area contributed by atoms with Gasteiger partial charge in [-0.2, -0.15) is 0 Å². The summed E-state index contributed by atoms with van der Waals surface area (Å²) in [5, 5.41) is 4.92. The molecule has 0 fully saturated rings. The molecule has 0 N–H and O–H groups in total. The molecule has 0 amide bonds. The number of benzene rings is 5. The fraction of sp³-hybridized carbons (Fsp3) is 0. The van der Waals surface area contributed by atoms with Crippen LogP contribution in [0, 0.1) is 0 Å². The maximum atomic E-state index is 4.55. The van der Waals surface area contributed by atoms with Crippen molar-refractivity contribution in [2.24, 2.45) is 0 Å². The van der Waals surface area contributed by atoms with Gasteiger partial charge in [-0.15, -0.1) is 0 Å². The maximum absolute atomic E-state index is 4.55. The first-order chi connectivity index (χ1) is 24.8. The van der Waals surface area contributed by atoms with Gasteiger partial charge in [0.1, 0.15) is 0 Å². The third-order valence-electron chi connectivity index (χ3n) is 9.31. The molecular formula is C46H30N4. The summed E-state index contributed by atoms with van der Waals surface area (Å²) >= 11 is 0. The molecule has 5 aromatic carbocycles. The Balaban J connectivity index is 1.06. The molecule has 0 saturated carbocycles. The molecule has 0 aliphatic rings. The van der Waals surface area contributed by atoms with Crippen LogP contribution in [-0.2, 0) is 0 Å². The molecule has 0 saturated heterocycles. The molecule has 234 valence electrons. The number of rotatable bonds is 6. The number of nitrogens with zero attached hydrogens (tertiary/aromatic N) is 4. The van der Waals surface area contributed by atoms with E-state index < -0.39 is 0 Å². The lowest BCUT2D eigenvalue weighted by Crippen LogP contribution is -1.89. The van der Waals surface area contributed by atoms with Crippen LogP contribution in [0.4, 0.5) is 0 Å². The summed E-state index contributed by atoms with van der Waals surface area (Å²) in [6, 6.07) is 55.6. The molecule has 4 nitrogen and oxygen atoms in total. The molecule has 4 aromatic heterocycles. The van der Waals surface area contributed by atoms with E-state index in [1.807, 2.05) is 48.8 Å². The van der Waals surface area contributed by atoms with E-state index in [2.05, 4.69) is 141 Å². The van der Waals surface area contributed by atoms with Crippen molar-refractivity contribution in [3.63, 3.8) is 0 Å². The zero-order valence-electron chi connectivity index (χ0n) is 27.1. The first-order valence-corrected chi connectivity index (χ1v) is 16.7. The summed E-state index contributed by atoms with van der Waals surface area (Å²) in [7, 11) is 0. The van der Waals surface area contributed by atoms with Crippen molar-refractivity contribution in [2.45, 2.75) is 0 Å². The van der Waals surface area contributed by atoms with E-state index in [4.69, 9.17) is 0 Å². The smallest absolute Gasteiger partial charge is 0.0892 e. The summed E-state index contributed by atoms with van der Waals surface area (Å²) in [5.41, 5.74) is 12.8. The lowest BCUT2D eigenvalue weighted by molar-refractivity contribution is 1.25. The largest absolute Gasteiger partial charge is 0.255 e. The van der Waals surface area contributed by atoms with Crippen LogP contribution in [0.25, 0.3) is 88.8 Å². The number of hydrogen-bond donors (Lipinski definition) is 0. The summed E-state index contributed by atoms with van der Waals surface area (Å²) < 4.78 is 0. The van der Waals surface area contributed by atoms with Gasteiger partial charge in [0.05, 0.1) is 22.8 Å². The minimum absolute atomic E-state index is 0.866. The van der Waals surface area contributed by atoms with Crippen molar-refractivity contribution in [1.29, 1.82) is 0 Å². The Labute approximate surface area is 290 Å². The van der Waals surface area contributed by atoms with Gasteiger partial charge in [-0.3, -0.25) is 19.9 Å². The van der Waals surface area contributed by atoms with Crippen LogP contribution in [0.5, 0.6) is 0 Å². The number of hydrogen-bond acceptors (Lipinski definition) is 4. The van der Waals surface area contributed by atoms with Crippen LogP contribution in [0.1, 0.15) is 0 Å². The molecule has 4 heteroatoms. The van der Waals surface area contributed by atoms with Gasteiger partial charge in [0, 0.05) is 24.8 Å². The third kappa shape index (κ3) is 5.59. The Kier molecular flexibility index (Phi) is 7.45. The lowest BCUT2D eigenvalue weighted by Gasteiger charge is -2.13. The molecule has 9 aromatic rings. The highest BCUT2D eigenvalue weighted by Crippen LogP contribution is 2.37. The van der Waals surface area contributed by atoms with E-state index in [0.717, 1.165) is 45.0 Å². The van der Waals surface area contributed by atoms with Crippen molar-refractivity contribution in [2.75, 3.05) is 0 Å². The van der Waals surface area contributed by atoms with Crippen LogP contribution in [0.3, 0.4) is 0 Å². The zero-order valence-corrected chi connectivity index (χ0v) is 27.1. The first-order valence-electron chi connectivity index (χ1n) is 16.7. The highest BCUT2D eigenvalue weighted by atomic mass is 14.8. The van der Waals surface area contributed by atoms with Gasteiger partial charge in [0.25, 0.3) is 0 Å². The van der Waals surface area contributed by atoms with Crippen LogP contribution in [-0.4, -0.2) is 19.9 Å². The summed E-state index contributed by atoms with van der Waals surface area (Å²) in [4.78, 5) is 18.1. The van der Waals surface area contributed by atoms with Crippen LogP contribution >= 0.6 is 0 Å². The van der Waals surface area contributed by atoms with Gasteiger partial charge in [0.15, 0.2) is 0 Å². The van der Waals surface area contributed by atoms with E-state index >= 15 is 0 Å². The van der Waals surface area contributed by atoms with Crippen molar-refractivity contribution in [3.8, 4) is 67.3 Å². The van der Waals surface area contributed by atoms with Gasteiger partial charge < -0.3 is 0 Å². The average Bonchev–Trinajstić information content (AvgIpc) is 3.20. The normalized spacial score (nSPS) is 11.2. The van der Waals surface area contributed by atoms with E-state index in [0.29, 0.717) is 0 Å². The second-order valence-corrected chi connectivity index (χ2v) is 12.3. The zero-order chi connectivity index (χ0) is 33.3. The Hall–Kier alpha value is -6.78. The summed E-state index contributed by atoms with van der Waals surface area (Å²) in [6.45, 7) is 0. The van der Waals surface area contributed by atoms with Gasteiger partial charge >= 0.3 is 0 Å². The third-order valence-corrected chi connectivity index (χ3v) is 9.31. The molecule has 0 atom stereocenters. The van der Waals surface area contributed by atoms with Gasteiger partial charge in [-0.25, -0.2) is 0 Å². The highest BCUT2D eigenvalue weighted by molar-refractivity contribution is 6.09. The minimum Gasteiger partial charge on any atom is -0.255 e. The van der Waals surface area contributed by atoms with Gasteiger partial charge in [-0.1, -0.05) is 97.1 Å². The van der Waals surface area contributed by atoms with Crippen molar-refractivity contribution in [1.82, 2.24) is 19.9 Å². The van der Waals surface area contributed by atoms with Crippen LogP contribution in [0.2, 0.25) is 0 Å². The molecule has 0 bridgehead atoms.